The van der Waals surface area contributed by atoms with E-state index < -0.39 is 0 Å². The lowest BCUT2D eigenvalue weighted by atomic mass is 9.85. The van der Waals surface area contributed by atoms with Gasteiger partial charge in [0.15, 0.2) is 0 Å². The summed E-state index contributed by atoms with van der Waals surface area (Å²) in [6.07, 6.45) is 6.08. The molecule has 0 bridgehead atoms. The number of likely N-dealkylation sites (tertiary alicyclic amines) is 1. The van der Waals surface area contributed by atoms with Gasteiger partial charge in [0.25, 0.3) is 11.7 Å². The van der Waals surface area contributed by atoms with Crippen LogP contribution >= 0.6 is 0 Å². The summed E-state index contributed by atoms with van der Waals surface area (Å²) in [6, 6.07) is 0.416. The highest BCUT2D eigenvalue weighted by Gasteiger charge is 2.39. The Hall–Kier alpha value is -1.46. The maximum Gasteiger partial charge on any atom is 0.295 e. The maximum absolute atomic E-state index is 12.1. The van der Waals surface area contributed by atoms with Gasteiger partial charge in [-0.2, -0.15) is 5.21 Å². The first-order valence-electron chi connectivity index (χ1n) is 5.90. The molecule has 1 saturated heterocycles. The Morgan fingerprint density at radius 1 is 1.31 bits per heavy atom. The number of tetrazole rings is 1. The molecule has 16 heavy (non-hydrogen) atoms. The summed E-state index contributed by atoms with van der Waals surface area (Å²) in [5, 5.41) is 13.3. The number of carbonyl (C=O) groups excluding carboxylic acids is 1. The molecular formula is C10H15N5O. The van der Waals surface area contributed by atoms with Crippen LogP contribution in [0.4, 0.5) is 0 Å². The largest absolute Gasteiger partial charge is 0.333 e. The van der Waals surface area contributed by atoms with Crippen LogP contribution in [0.2, 0.25) is 0 Å². The van der Waals surface area contributed by atoms with Gasteiger partial charge < -0.3 is 4.90 Å². The van der Waals surface area contributed by atoms with E-state index in [1.54, 1.807) is 0 Å². The smallest absolute Gasteiger partial charge is 0.295 e. The fraction of sp³-hybridized carbons (Fsp3) is 0.800. The van der Waals surface area contributed by atoms with E-state index in [-0.39, 0.29) is 11.7 Å². The minimum absolute atomic E-state index is 0.0665. The van der Waals surface area contributed by atoms with Gasteiger partial charge in [0.05, 0.1) is 0 Å². The highest BCUT2D eigenvalue weighted by atomic mass is 16.2. The van der Waals surface area contributed by atoms with E-state index in [0.717, 1.165) is 19.4 Å². The van der Waals surface area contributed by atoms with Gasteiger partial charge in [-0.1, -0.05) is 12.8 Å². The molecule has 1 aliphatic carbocycles. The summed E-state index contributed by atoms with van der Waals surface area (Å²) in [5.74, 6) is 0.832. The van der Waals surface area contributed by atoms with Gasteiger partial charge in [-0.3, -0.25) is 4.79 Å². The summed E-state index contributed by atoms with van der Waals surface area (Å²) < 4.78 is 0. The van der Waals surface area contributed by atoms with E-state index in [2.05, 4.69) is 20.6 Å². The first-order valence-corrected chi connectivity index (χ1v) is 5.90. The van der Waals surface area contributed by atoms with Gasteiger partial charge in [0.2, 0.25) is 0 Å². The van der Waals surface area contributed by atoms with Crippen LogP contribution in [0.5, 0.6) is 0 Å². The van der Waals surface area contributed by atoms with Gasteiger partial charge in [-0.15, -0.1) is 10.2 Å². The van der Waals surface area contributed by atoms with Crippen molar-refractivity contribution in [2.24, 2.45) is 5.92 Å². The number of hydrogen-bond acceptors (Lipinski definition) is 4. The lowest BCUT2D eigenvalue weighted by Crippen LogP contribution is -2.39. The minimum Gasteiger partial charge on any atom is -0.333 e. The fourth-order valence-corrected chi connectivity index (χ4v) is 3.04. The molecule has 3 rings (SSSR count). The number of nitrogens with one attached hydrogen (secondary N) is 1. The number of nitrogens with zero attached hydrogens (tertiary/aromatic N) is 4. The van der Waals surface area contributed by atoms with Crippen molar-refractivity contribution in [2.45, 2.75) is 38.1 Å². The highest BCUT2D eigenvalue weighted by Crippen LogP contribution is 2.36. The van der Waals surface area contributed by atoms with E-state index in [0.29, 0.717) is 12.0 Å². The molecule has 1 N–H and O–H groups in total. The quantitative estimate of drug-likeness (QED) is 0.753. The van der Waals surface area contributed by atoms with Crippen molar-refractivity contribution in [3.8, 4) is 0 Å². The maximum atomic E-state index is 12.1. The van der Waals surface area contributed by atoms with E-state index in [1.807, 2.05) is 4.90 Å². The molecule has 1 aromatic heterocycles. The van der Waals surface area contributed by atoms with Crippen molar-refractivity contribution in [2.75, 3.05) is 6.54 Å². The van der Waals surface area contributed by atoms with Crippen molar-refractivity contribution in [3.05, 3.63) is 5.82 Å². The van der Waals surface area contributed by atoms with Crippen molar-refractivity contribution >= 4 is 5.91 Å². The number of aromatic amines is 1. The Labute approximate surface area is 93.4 Å². The molecule has 2 aliphatic rings. The average Bonchev–Trinajstić information content (AvgIpc) is 2.98. The molecule has 0 radical (unpaired) electrons. The Morgan fingerprint density at radius 2 is 2.19 bits per heavy atom. The van der Waals surface area contributed by atoms with Gasteiger partial charge in [0.1, 0.15) is 0 Å². The van der Waals surface area contributed by atoms with Crippen molar-refractivity contribution in [1.82, 2.24) is 25.5 Å². The second-order valence-electron chi connectivity index (χ2n) is 4.63. The SMILES string of the molecule is O=C(c1nn[nH]n1)N1CCC2CCCCC21. The second-order valence-corrected chi connectivity index (χ2v) is 4.63. The van der Waals surface area contributed by atoms with Crippen LogP contribution in [-0.4, -0.2) is 44.0 Å². The van der Waals surface area contributed by atoms with Crippen LogP contribution in [0.3, 0.4) is 0 Å². The first-order chi connectivity index (χ1) is 7.86. The third-order valence-corrected chi connectivity index (χ3v) is 3.81. The van der Waals surface area contributed by atoms with Crippen molar-refractivity contribution in [3.63, 3.8) is 0 Å². The lowest BCUT2D eigenvalue weighted by molar-refractivity contribution is 0.0677. The number of fused-ring (bicyclic) bond motifs is 1. The Kier molecular flexibility index (Phi) is 2.34. The number of rotatable bonds is 1. The summed E-state index contributed by atoms with van der Waals surface area (Å²) in [7, 11) is 0. The Bertz CT molecular complexity index is 377. The van der Waals surface area contributed by atoms with Crippen LogP contribution in [0.1, 0.15) is 42.7 Å². The molecule has 1 aliphatic heterocycles. The van der Waals surface area contributed by atoms with Crippen LogP contribution in [-0.2, 0) is 0 Å². The van der Waals surface area contributed by atoms with E-state index in [1.165, 1.54) is 19.3 Å². The van der Waals surface area contributed by atoms with E-state index in [4.69, 9.17) is 0 Å². The van der Waals surface area contributed by atoms with Gasteiger partial charge in [0, 0.05) is 12.6 Å². The van der Waals surface area contributed by atoms with Crippen LogP contribution in [0.25, 0.3) is 0 Å². The topological polar surface area (TPSA) is 74.8 Å². The number of carbonyl (C=O) groups is 1. The molecule has 1 amide bonds. The standard InChI is InChI=1S/C10H15N5O/c16-10(9-11-13-14-12-9)15-6-5-7-3-1-2-4-8(7)15/h7-8H,1-6H2,(H,11,12,13,14). The normalized spacial score (nSPS) is 29.1. The third-order valence-electron chi connectivity index (χ3n) is 3.81. The summed E-state index contributed by atoms with van der Waals surface area (Å²) in [6.45, 7) is 0.850. The van der Waals surface area contributed by atoms with Crippen molar-refractivity contribution < 1.29 is 4.79 Å². The predicted octanol–water partition coefficient (Wildman–Crippen LogP) is 0.604. The molecular weight excluding hydrogens is 206 g/mol. The zero-order chi connectivity index (χ0) is 11.0. The highest BCUT2D eigenvalue weighted by molar-refractivity contribution is 5.90. The monoisotopic (exact) mass is 221 g/mol. The minimum atomic E-state index is -0.0665. The first kappa shape index (κ1) is 9.74. The molecule has 0 spiro atoms. The van der Waals surface area contributed by atoms with E-state index in [9.17, 15) is 4.79 Å². The van der Waals surface area contributed by atoms with Gasteiger partial charge in [-0.25, -0.2) is 0 Å². The number of aromatic nitrogens is 4. The Balaban J connectivity index is 1.78. The van der Waals surface area contributed by atoms with Crippen molar-refractivity contribution in [1.29, 1.82) is 0 Å². The average molecular weight is 221 g/mol. The number of H-pyrrole nitrogens is 1. The lowest BCUT2D eigenvalue weighted by Gasteiger charge is -2.30. The zero-order valence-electron chi connectivity index (χ0n) is 9.09. The third kappa shape index (κ3) is 1.48. The molecule has 1 aromatic rings. The molecule has 2 heterocycles. The molecule has 6 heteroatoms. The molecule has 0 aromatic carbocycles. The molecule has 2 fully saturated rings. The van der Waals surface area contributed by atoms with Crippen LogP contribution in [0.15, 0.2) is 0 Å². The summed E-state index contributed by atoms with van der Waals surface area (Å²) in [4.78, 5) is 14.0. The Morgan fingerprint density at radius 3 is 3.00 bits per heavy atom. The predicted molar refractivity (Wildman–Crippen MR) is 55.6 cm³/mol. The fourth-order valence-electron chi connectivity index (χ4n) is 3.04. The summed E-state index contributed by atoms with van der Waals surface area (Å²) in [5.41, 5.74) is 0. The van der Waals surface area contributed by atoms with Crippen LogP contribution < -0.4 is 0 Å². The molecule has 6 nitrogen and oxygen atoms in total. The summed E-state index contributed by atoms with van der Waals surface area (Å²) >= 11 is 0. The molecule has 86 valence electrons. The number of hydrogen-bond donors (Lipinski definition) is 1. The zero-order valence-corrected chi connectivity index (χ0v) is 9.09. The van der Waals surface area contributed by atoms with E-state index >= 15 is 0 Å². The van der Waals surface area contributed by atoms with Gasteiger partial charge >= 0.3 is 0 Å². The molecule has 2 atom stereocenters. The number of amides is 1. The van der Waals surface area contributed by atoms with Crippen LogP contribution in [0, 0.1) is 5.92 Å². The van der Waals surface area contributed by atoms with Gasteiger partial charge in [-0.05, 0) is 30.4 Å². The second kappa shape index (κ2) is 3.84. The molecule has 1 saturated carbocycles. The molecule has 2 unspecified atom stereocenters.